The van der Waals surface area contributed by atoms with Gasteiger partial charge in [-0.1, -0.05) is 58.4 Å². The van der Waals surface area contributed by atoms with Gasteiger partial charge in [-0.05, 0) is 60.9 Å². The van der Waals surface area contributed by atoms with Crippen LogP contribution < -0.4 is 15.5 Å². The fraction of sp³-hybridized carbons (Fsp3) is 0.531. The van der Waals surface area contributed by atoms with Gasteiger partial charge in [0.2, 0.25) is 6.79 Å². The first-order valence-corrected chi connectivity index (χ1v) is 16.9. The Morgan fingerprint density at radius 1 is 0.935 bits per heavy atom. The van der Waals surface area contributed by atoms with E-state index in [0.717, 1.165) is 34.8 Å². The second kappa shape index (κ2) is 18.5. The molecule has 0 aliphatic heterocycles. The molecule has 256 valence electrons. The smallest absolute Gasteiger partial charge is 0.428 e. The first-order chi connectivity index (χ1) is 21.6. The van der Waals surface area contributed by atoms with Gasteiger partial charge in [0, 0.05) is 32.4 Å². The number of esters is 1. The molecule has 3 amide bonds. The molecule has 0 saturated heterocycles. The second-order valence-electron chi connectivity index (χ2n) is 12.0. The molecule has 14 heteroatoms. The van der Waals surface area contributed by atoms with Crippen molar-refractivity contribution in [3.05, 3.63) is 53.6 Å². The van der Waals surface area contributed by atoms with Crippen LogP contribution in [0.5, 0.6) is 0 Å². The van der Waals surface area contributed by atoms with Gasteiger partial charge >= 0.3 is 25.9 Å². The molecule has 46 heavy (non-hydrogen) atoms. The molecule has 2 rings (SSSR count). The van der Waals surface area contributed by atoms with Crippen LogP contribution in [-0.2, 0) is 23.4 Å². The number of benzene rings is 2. The maximum Gasteiger partial charge on any atom is 0.469 e. The Bertz CT molecular complexity index is 1320. The zero-order valence-electron chi connectivity index (χ0n) is 27.8. The number of aryl methyl sites for hydroxylation is 1. The van der Waals surface area contributed by atoms with E-state index in [1.165, 1.54) is 7.05 Å². The highest BCUT2D eigenvalue weighted by Crippen LogP contribution is 2.35. The summed E-state index contributed by atoms with van der Waals surface area (Å²) in [7, 11) is -3.30. The molecule has 0 aromatic heterocycles. The molecule has 13 nitrogen and oxygen atoms in total. The van der Waals surface area contributed by atoms with Gasteiger partial charge in [0.15, 0.2) is 0 Å². The van der Waals surface area contributed by atoms with Crippen LogP contribution in [0.1, 0.15) is 64.5 Å². The number of nitrogens with zero attached hydrogens (tertiary/aromatic N) is 2. The summed E-state index contributed by atoms with van der Waals surface area (Å²) in [6.07, 6.45) is -0.236. The Labute approximate surface area is 271 Å². The second-order valence-corrected chi connectivity index (χ2v) is 13.3. The standard InChI is InChI=1S/C32H49N4O9P/c1-8-25(18-30(37)43-21-44-32(39)35(7)15-16-45-46(40,41)42)26-11-14-29(36(19-22(2)3)20-23(4)5)28(17-26)34-31(38)33-27-12-9-24(6)10-13-27/h9-14,17,22-23,25H,8,15-16,18-21H2,1-7H3,(H2,33,34,38)(H2,40,41,42). The highest BCUT2D eigenvalue weighted by molar-refractivity contribution is 7.46. The molecule has 1 atom stereocenters. The summed E-state index contributed by atoms with van der Waals surface area (Å²) in [5, 5.41) is 5.92. The van der Waals surface area contributed by atoms with Crippen molar-refractivity contribution in [1.82, 2.24) is 4.90 Å². The van der Waals surface area contributed by atoms with Gasteiger partial charge in [-0.2, -0.15) is 0 Å². The third-order valence-electron chi connectivity index (χ3n) is 6.87. The van der Waals surface area contributed by atoms with E-state index in [0.29, 0.717) is 29.6 Å². The van der Waals surface area contributed by atoms with Gasteiger partial charge in [0.1, 0.15) is 0 Å². The molecule has 2 aromatic carbocycles. The first-order valence-electron chi connectivity index (χ1n) is 15.3. The van der Waals surface area contributed by atoms with Gasteiger partial charge in [-0.25, -0.2) is 14.2 Å². The van der Waals surface area contributed by atoms with Crippen molar-refractivity contribution in [2.24, 2.45) is 11.8 Å². The van der Waals surface area contributed by atoms with Crippen LogP contribution in [0.2, 0.25) is 0 Å². The van der Waals surface area contributed by atoms with Crippen LogP contribution in [0, 0.1) is 18.8 Å². The summed E-state index contributed by atoms with van der Waals surface area (Å²) in [6.45, 7) is 12.9. The maximum atomic E-state index is 13.1. The fourth-order valence-electron chi connectivity index (χ4n) is 4.66. The lowest BCUT2D eigenvalue weighted by atomic mass is 9.92. The highest BCUT2D eigenvalue weighted by atomic mass is 31.2. The van der Waals surface area contributed by atoms with Crippen molar-refractivity contribution in [2.75, 3.05) is 55.6 Å². The van der Waals surface area contributed by atoms with Gasteiger partial charge in [0.05, 0.1) is 24.4 Å². The molecule has 0 aliphatic carbocycles. The lowest BCUT2D eigenvalue weighted by Gasteiger charge is -2.31. The lowest BCUT2D eigenvalue weighted by Crippen LogP contribution is -2.32. The van der Waals surface area contributed by atoms with E-state index < -0.39 is 33.3 Å². The summed E-state index contributed by atoms with van der Waals surface area (Å²) in [6, 6.07) is 13.0. The molecule has 1 unspecified atom stereocenters. The number of phosphoric ester groups is 1. The normalized spacial score (nSPS) is 12.1. The van der Waals surface area contributed by atoms with Gasteiger partial charge in [0.25, 0.3) is 0 Å². The molecule has 0 spiro atoms. The zero-order valence-corrected chi connectivity index (χ0v) is 28.7. The monoisotopic (exact) mass is 664 g/mol. The molecular formula is C32H49N4O9P. The highest BCUT2D eigenvalue weighted by Gasteiger charge is 2.22. The van der Waals surface area contributed by atoms with E-state index in [2.05, 4.69) is 47.8 Å². The van der Waals surface area contributed by atoms with Crippen molar-refractivity contribution >= 4 is 43.0 Å². The molecule has 0 saturated carbocycles. The number of carbonyl (C=O) groups is 3. The lowest BCUT2D eigenvalue weighted by molar-refractivity contribution is -0.152. The maximum absolute atomic E-state index is 13.1. The van der Waals surface area contributed by atoms with Gasteiger partial charge < -0.3 is 39.7 Å². The van der Waals surface area contributed by atoms with Crippen LogP contribution in [-0.4, -0.2) is 72.9 Å². The number of anilines is 3. The predicted molar refractivity (Wildman–Crippen MR) is 178 cm³/mol. The predicted octanol–water partition coefficient (Wildman–Crippen LogP) is 6.32. The average molecular weight is 665 g/mol. The Balaban J connectivity index is 2.16. The molecule has 0 bridgehead atoms. The topological polar surface area (TPSA) is 167 Å². The molecule has 4 N–H and O–H groups in total. The van der Waals surface area contributed by atoms with E-state index in [4.69, 9.17) is 19.3 Å². The summed E-state index contributed by atoms with van der Waals surface area (Å²) in [5.74, 6) is -0.0568. The quantitative estimate of drug-likeness (QED) is 0.0854. The van der Waals surface area contributed by atoms with Crippen molar-refractivity contribution in [2.45, 2.75) is 60.3 Å². The summed E-state index contributed by atoms with van der Waals surface area (Å²) >= 11 is 0. The van der Waals surface area contributed by atoms with Crippen LogP contribution in [0.3, 0.4) is 0 Å². The molecule has 0 fully saturated rings. The van der Waals surface area contributed by atoms with Crippen LogP contribution >= 0.6 is 7.82 Å². The number of carbonyl (C=O) groups excluding carboxylic acids is 3. The van der Waals surface area contributed by atoms with Gasteiger partial charge in [-0.15, -0.1) is 0 Å². The van der Waals surface area contributed by atoms with E-state index >= 15 is 0 Å². The number of nitrogens with one attached hydrogen (secondary N) is 2. The Morgan fingerprint density at radius 2 is 1.57 bits per heavy atom. The summed E-state index contributed by atoms with van der Waals surface area (Å²) in [4.78, 5) is 58.7. The Kier molecular flexibility index (Phi) is 15.5. The van der Waals surface area contributed by atoms with Crippen LogP contribution in [0.25, 0.3) is 0 Å². The minimum absolute atomic E-state index is 0.00999. The number of urea groups is 1. The number of hydrogen-bond donors (Lipinski definition) is 4. The third kappa shape index (κ3) is 14.2. The van der Waals surface area contributed by atoms with Crippen LogP contribution in [0.15, 0.2) is 42.5 Å². The summed E-state index contributed by atoms with van der Waals surface area (Å²) in [5.41, 5.74) is 4.08. The molecule has 0 aliphatic rings. The van der Waals surface area contributed by atoms with E-state index in [1.54, 1.807) is 0 Å². The molecule has 0 heterocycles. The molecular weight excluding hydrogens is 615 g/mol. The Morgan fingerprint density at radius 3 is 2.13 bits per heavy atom. The SMILES string of the molecule is CCC(CC(=O)OCOC(=O)N(C)CCOP(=O)(O)O)c1ccc(N(CC(C)C)CC(C)C)c(NC(=O)Nc2ccc(C)cc2)c1. The summed E-state index contributed by atoms with van der Waals surface area (Å²) < 4.78 is 25.2. The number of likely N-dealkylation sites (N-methyl/N-ethyl adjacent to an activating group) is 1. The van der Waals surface area contributed by atoms with Crippen molar-refractivity contribution in [1.29, 1.82) is 0 Å². The number of rotatable bonds is 17. The number of amides is 3. The van der Waals surface area contributed by atoms with E-state index in [-0.39, 0.29) is 24.9 Å². The minimum atomic E-state index is -4.65. The van der Waals surface area contributed by atoms with Crippen molar-refractivity contribution in [3.8, 4) is 0 Å². The Hall–Kier alpha value is -3.64. The van der Waals surface area contributed by atoms with Crippen molar-refractivity contribution in [3.63, 3.8) is 0 Å². The first kappa shape index (κ1) is 38.5. The van der Waals surface area contributed by atoms with E-state index in [9.17, 15) is 18.9 Å². The molecule has 0 radical (unpaired) electrons. The minimum Gasteiger partial charge on any atom is -0.428 e. The number of phosphoric acid groups is 1. The van der Waals surface area contributed by atoms with Gasteiger partial charge in [-0.3, -0.25) is 9.32 Å². The van der Waals surface area contributed by atoms with E-state index in [1.807, 2.05) is 56.3 Å². The van der Waals surface area contributed by atoms with Crippen LogP contribution in [0.4, 0.5) is 26.7 Å². The fourth-order valence-corrected chi connectivity index (χ4v) is 4.98. The largest absolute Gasteiger partial charge is 0.469 e. The number of hydrogen-bond acceptors (Lipinski definition) is 8. The number of ether oxygens (including phenoxy) is 2. The molecule has 2 aromatic rings. The zero-order chi connectivity index (χ0) is 34.4. The van der Waals surface area contributed by atoms with Crippen molar-refractivity contribution < 1.29 is 42.7 Å². The average Bonchev–Trinajstić information content (AvgIpc) is 2.95. The third-order valence-corrected chi connectivity index (χ3v) is 7.39.